The van der Waals surface area contributed by atoms with E-state index in [1.807, 2.05) is 0 Å². The van der Waals surface area contributed by atoms with Gasteiger partial charge in [-0.3, -0.25) is 14.5 Å². The lowest BCUT2D eigenvalue weighted by atomic mass is 10.1. The molecule has 0 saturated heterocycles. The lowest BCUT2D eigenvalue weighted by molar-refractivity contribution is 0.0939. The Bertz CT molecular complexity index is 797. The van der Waals surface area contributed by atoms with Gasteiger partial charge in [-0.15, -0.1) is 0 Å². The molecule has 0 unspecified atom stereocenters. The van der Waals surface area contributed by atoms with Gasteiger partial charge in [0.05, 0.1) is 6.54 Å². The minimum Gasteiger partial charge on any atom is -0.345 e. The normalized spacial score (nSPS) is 14.1. The molecule has 1 aromatic heterocycles. The number of hydrogen-bond donors (Lipinski definition) is 2. The summed E-state index contributed by atoms with van der Waals surface area (Å²) in [4.78, 5) is 11.9. The summed E-state index contributed by atoms with van der Waals surface area (Å²) in [5.74, 6) is -4.52. The molecule has 1 aromatic carbocycles. The molecule has 1 saturated carbocycles. The lowest BCUT2D eigenvalue weighted by Crippen LogP contribution is -2.27. The molecule has 1 fully saturated rings. The van der Waals surface area contributed by atoms with Gasteiger partial charge in [0.25, 0.3) is 5.91 Å². The fourth-order valence-corrected chi connectivity index (χ4v) is 2.45. The molecule has 0 bridgehead atoms. The first-order valence-electron chi connectivity index (χ1n) is 6.56. The van der Waals surface area contributed by atoms with Crippen molar-refractivity contribution >= 4 is 18.1 Å². The van der Waals surface area contributed by atoms with Gasteiger partial charge >= 0.3 is 0 Å². The molecule has 0 radical (unpaired) electrons. The van der Waals surface area contributed by atoms with Gasteiger partial charge in [-0.1, -0.05) is 0 Å². The van der Waals surface area contributed by atoms with E-state index in [9.17, 15) is 18.0 Å². The van der Waals surface area contributed by atoms with Crippen molar-refractivity contribution in [3.05, 3.63) is 45.7 Å². The van der Waals surface area contributed by atoms with Crippen LogP contribution in [0.1, 0.15) is 35.1 Å². The first-order valence-corrected chi connectivity index (χ1v) is 6.97. The molecule has 2 N–H and O–H groups in total. The standard InChI is InChI=1S/C13H11F3N4OS/c14-7-3-4-8(15)11(16)10(7)12(21)17-5-9-18-19-13(22)20(9)6-1-2-6/h3-4,6H,1-2,5H2,(H,17,21)(H,19,22). The van der Waals surface area contributed by atoms with Crippen LogP contribution in [-0.2, 0) is 6.54 Å². The summed E-state index contributed by atoms with van der Waals surface area (Å²) in [5, 5.41) is 8.91. The number of aromatic amines is 1. The molecule has 1 amide bonds. The molecule has 116 valence electrons. The van der Waals surface area contributed by atoms with E-state index in [4.69, 9.17) is 12.2 Å². The van der Waals surface area contributed by atoms with E-state index >= 15 is 0 Å². The molecule has 0 aliphatic heterocycles. The van der Waals surface area contributed by atoms with Gasteiger partial charge < -0.3 is 5.32 Å². The average molecular weight is 328 g/mol. The van der Waals surface area contributed by atoms with Gasteiger partial charge in [0, 0.05) is 6.04 Å². The minimum absolute atomic E-state index is 0.0716. The van der Waals surface area contributed by atoms with Crippen molar-refractivity contribution in [1.82, 2.24) is 20.1 Å². The van der Waals surface area contributed by atoms with Gasteiger partial charge in [0.2, 0.25) is 0 Å². The minimum atomic E-state index is -1.52. The van der Waals surface area contributed by atoms with Crippen molar-refractivity contribution < 1.29 is 18.0 Å². The second-order valence-electron chi connectivity index (χ2n) is 4.95. The van der Waals surface area contributed by atoms with E-state index in [1.54, 1.807) is 4.57 Å². The molecule has 1 aliphatic carbocycles. The van der Waals surface area contributed by atoms with Gasteiger partial charge in [-0.05, 0) is 37.2 Å². The summed E-state index contributed by atoms with van der Waals surface area (Å²) >= 11 is 5.08. The van der Waals surface area contributed by atoms with Crippen molar-refractivity contribution in [1.29, 1.82) is 0 Å². The Morgan fingerprint density at radius 3 is 2.73 bits per heavy atom. The largest absolute Gasteiger partial charge is 0.345 e. The molecule has 22 heavy (non-hydrogen) atoms. The lowest BCUT2D eigenvalue weighted by Gasteiger charge is -2.08. The summed E-state index contributed by atoms with van der Waals surface area (Å²) in [6, 6.07) is 1.56. The molecule has 1 heterocycles. The summed E-state index contributed by atoms with van der Waals surface area (Å²) in [6.07, 6.45) is 1.92. The third kappa shape index (κ3) is 2.63. The zero-order valence-corrected chi connectivity index (χ0v) is 12.0. The second-order valence-corrected chi connectivity index (χ2v) is 5.33. The van der Waals surface area contributed by atoms with E-state index in [-0.39, 0.29) is 12.6 Å². The highest BCUT2D eigenvalue weighted by Crippen LogP contribution is 2.35. The first kappa shape index (κ1) is 14.8. The van der Waals surface area contributed by atoms with Crippen LogP contribution in [0.15, 0.2) is 12.1 Å². The van der Waals surface area contributed by atoms with Crippen LogP contribution in [0.3, 0.4) is 0 Å². The van der Waals surface area contributed by atoms with E-state index in [0.29, 0.717) is 22.7 Å². The average Bonchev–Trinajstić information content (AvgIpc) is 3.25. The number of amides is 1. The van der Waals surface area contributed by atoms with Crippen LogP contribution in [0, 0.1) is 22.2 Å². The van der Waals surface area contributed by atoms with Gasteiger partial charge in [0.1, 0.15) is 11.4 Å². The topological polar surface area (TPSA) is 62.7 Å². The highest BCUT2D eigenvalue weighted by Gasteiger charge is 2.27. The van der Waals surface area contributed by atoms with Gasteiger partial charge in [-0.25, -0.2) is 13.2 Å². The highest BCUT2D eigenvalue weighted by molar-refractivity contribution is 7.71. The molecular formula is C13H11F3N4OS. The summed E-state index contributed by atoms with van der Waals surface area (Å²) in [6.45, 7) is -0.0716. The van der Waals surface area contributed by atoms with Crippen LogP contribution >= 0.6 is 12.2 Å². The summed E-state index contributed by atoms with van der Waals surface area (Å²) in [7, 11) is 0. The quantitative estimate of drug-likeness (QED) is 0.670. The maximum Gasteiger partial charge on any atom is 0.257 e. The Morgan fingerprint density at radius 1 is 1.36 bits per heavy atom. The van der Waals surface area contributed by atoms with Crippen molar-refractivity contribution in [2.75, 3.05) is 0 Å². The van der Waals surface area contributed by atoms with E-state index in [2.05, 4.69) is 15.5 Å². The van der Waals surface area contributed by atoms with Crippen molar-refractivity contribution in [3.8, 4) is 0 Å². The maximum atomic E-state index is 13.5. The van der Waals surface area contributed by atoms with Crippen LogP contribution in [0.2, 0.25) is 0 Å². The number of rotatable bonds is 4. The second kappa shape index (κ2) is 5.56. The number of benzene rings is 1. The molecule has 9 heteroatoms. The smallest absolute Gasteiger partial charge is 0.257 e. The number of hydrogen-bond acceptors (Lipinski definition) is 3. The van der Waals surface area contributed by atoms with E-state index in [1.165, 1.54) is 0 Å². The zero-order valence-electron chi connectivity index (χ0n) is 11.2. The van der Waals surface area contributed by atoms with Gasteiger partial charge in [0.15, 0.2) is 22.2 Å². The predicted octanol–water partition coefficient (Wildman–Crippen LogP) is 2.62. The number of carbonyl (C=O) groups excluding carboxylic acids is 1. The summed E-state index contributed by atoms with van der Waals surface area (Å²) in [5.41, 5.74) is -0.952. The number of aromatic nitrogens is 3. The Labute approximate surface area is 128 Å². The predicted molar refractivity (Wildman–Crippen MR) is 73.2 cm³/mol. The monoisotopic (exact) mass is 328 g/mol. The SMILES string of the molecule is O=C(NCc1n[nH]c(=S)n1C1CC1)c1c(F)ccc(F)c1F. The number of nitrogens with zero attached hydrogens (tertiary/aromatic N) is 2. The maximum absolute atomic E-state index is 13.5. The Morgan fingerprint density at radius 2 is 2.05 bits per heavy atom. The molecule has 3 rings (SSSR count). The zero-order chi connectivity index (χ0) is 15.9. The Hall–Kier alpha value is -2.16. The van der Waals surface area contributed by atoms with Crippen LogP contribution in [0.25, 0.3) is 0 Å². The number of carbonyl (C=O) groups is 1. The van der Waals surface area contributed by atoms with E-state index in [0.717, 1.165) is 12.8 Å². The Kier molecular flexibility index (Phi) is 3.73. The van der Waals surface area contributed by atoms with Crippen LogP contribution in [0.5, 0.6) is 0 Å². The van der Waals surface area contributed by atoms with Crippen LogP contribution < -0.4 is 5.32 Å². The van der Waals surface area contributed by atoms with Crippen molar-refractivity contribution in [2.45, 2.75) is 25.4 Å². The Balaban J connectivity index is 1.79. The third-order valence-electron chi connectivity index (χ3n) is 3.37. The number of halogens is 3. The van der Waals surface area contributed by atoms with Crippen molar-refractivity contribution in [2.24, 2.45) is 0 Å². The first-order chi connectivity index (χ1) is 10.5. The van der Waals surface area contributed by atoms with Crippen molar-refractivity contribution in [3.63, 3.8) is 0 Å². The summed E-state index contributed by atoms with van der Waals surface area (Å²) < 4.78 is 42.3. The van der Waals surface area contributed by atoms with Gasteiger partial charge in [-0.2, -0.15) is 5.10 Å². The van der Waals surface area contributed by atoms with Crippen LogP contribution in [-0.4, -0.2) is 20.7 Å². The molecule has 0 spiro atoms. The van der Waals surface area contributed by atoms with Crippen LogP contribution in [0.4, 0.5) is 13.2 Å². The molecule has 5 nitrogen and oxygen atoms in total. The van der Waals surface area contributed by atoms with E-state index < -0.39 is 28.9 Å². The molecule has 0 atom stereocenters. The molecule has 1 aliphatic rings. The fraction of sp³-hybridized carbons (Fsp3) is 0.308. The number of nitrogens with one attached hydrogen (secondary N) is 2. The fourth-order valence-electron chi connectivity index (χ4n) is 2.15. The molecule has 2 aromatic rings. The molecular weight excluding hydrogens is 317 g/mol. The third-order valence-corrected chi connectivity index (χ3v) is 3.66. The highest BCUT2D eigenvalue weighted by atomic mass is 32.1. The number of H-pyrrole nitrogens is 1.